The molecule has 0 unspecified atom stereocenters. The van der Waals surface area contributed by atoms with Crippen molar-refractivity contribution in [1.82, 2.24) is 19.5 Å². The second-order valence-corrected chi connectivity index (χ2v) is 17.0. The van der Waals surface area contributed by atoms with Crippen molar-refractivity contribution in [2.45, 2.75) is 0 Å². The molecule has 0 aliphatic rings. The van der Waals surface area contributed by atoms with E-state index in [0.29, 0.717) is 17.5 Å². The number of furan rings is 1. The molecule has 0 fully saturated rings. The van der Waals surface area contributed by atoms with Crippen molar-refractivity contribution >= 4 is 75.3 Å². The highest BCUT2D eigenvalue weighted by atomic mass is 32.1. The number of benzene rings is 9. The van der Waals surface area contributed by atoms with Gasteiger partial charge in [0.1, 0.15) is 5.58 Å². The van der Waals surface area contributed by atoms with Gasteiger partial charge >= 0.3 is 0 Å². The molecule has 4 aromatic heterocycles. The van der Waals surface area contributed by atoms with Gasteiger partial charge in [0.25, 0.3) is 0 Å². The average molecular weight is 823 g/mol. The third-order valence-corrected chi connectivity index (χ3v) is 13.4. The number of thiophene rings is 1. The minimum absolute atomic E-state index is 0.610. The normalized spacial score (nSPS) is 11.8. The van der Waals surface area contributed by atoms with Gasteiger partial charge in [-0.2, -0.15) is 0 Å². The number of para-hydroxylation sites is 3. The fourth-order valence-electron chi connectivity index (χ4n) is 9.38. The molecule has 0 N–H and O–H groups in total. The Morgan fingerprint density at radius 3 is 1.59 bits per heavy atom. The molecule has 13 rings (SSSR count). The minimum atomic E-state index is 0.610. The summed E-state index contributed by atoms with van der Waals surface area (Å²) in [7, 11) is 0. The van der Waals surface area contributed by atoms with Gasteiger partial charge in [-0.05, 0) is 59.2 Å². The maximum Gasteiger partial charge on any atom is 0.164 e. The summed E-state index contributed by atoms with van der Waals surface area (Å²) in [6.07, 6.45) is 0. The van der Waals surface area contributed by atoms with Crippen molar-refractivity contribution in [2.75, 3.05) is 0 Å². The Morgan fingerprint density at radius 1 is 0.349 bits per heavy atom. The molecule has 0 spiro atoms. The van der Waals surface area contributed by atoms with Crippen LogP contribution in [0.1, 0.15) is 0 Å². The molecule has 9 aromatic carbocycles. The summed E-state index contributed by atoms with van der Waals surface area (Å²) in [6.45, 7) is 0. The molecule has 0 radical (unpaired) electrons. The number of nitrogens with zero attached hydrogens (tertiary/aromatic N) is 4. The minimum Gasteiger partial charge on any atom is -0.453 e. The van der Waals surface area contributed by atoms with E-state index in [0.717, 1.165) is 77.6 Å². The van der Waals surface area contributed by atoms with Crippen molar-refractivity contribution < 1.29 is 4.42 Å². The molecular formula is C57H34N4OS. The van der Waals surface area contributed by atoms with Crippen LogP contribution in [0.25, 0.3) is 126 Å². The first kappa shape index (κ1) is 35.6. The summed E-state index contributed by atoms with van der Waals surface area (Å²) in [4.78, 5) is 15.1. The molecule has 13 aromatic rings. The molecule has 0 atom stereocenters. The summed E-state index contributed by atoms with van der Waals surface area (Å²) >= 11 is 1.83. The van der Waals surface area contributed by atoms with Crippen LogP contribution in [-0.2, 0) is 0 Å². The van der Waals surface area contributed by atoms with E-state index in [4.69, 9.17) is 19.4 Å². The molecule has 0 bridgehead atoms. The predicted octanol–water partition coefficient (Wildman–Crippen LogP) is 15.6. The lowest BCUT2D eigenvalue weighted by molar-refractivity contribution is 0.667. The van der Waals surface area contributed by atoms with E-state index in [1.165, 1.54) is 30.9 Å². The molecule has 63 heavy (non-hydrogen) atoms. The molecule has 6 heteroatoms. The van der Waals surface area contributed by atoms with Crippen LogP contribution in [0.15, 0.2) is 211 Å². The summed E-state index contributed by atoms with van der Waals surface area (Å²) < 4.78 is 12.2. The van der Waals surface area contributed by atoms with E-state index in [1.807, 2.05) is 72.0 Å². The van der Waals surface area contributed by atoms with E-state index in [2.05, 4.69) is 150 Å². The zero-order valence-electron chi connectivity index (χ0n) is 33.7. The van der Waals surface area contributed by atoms with Crippen molar-refractivity contribution in [3.63, 3.8) is 0 Å². The lowest BCUT2D eigenvalue weighted by atomic mass is 9.91. The van der Waals surface area contributed by atoms with Crippen LogP contribution in [0.3, 0.4) is 0 Å². The molecular weight excluding hydrogens is 789 g/mol. The van der Waals surface area contributed by atoms with Gasteiger partial charge in [0.05, 0.1) is 16.7 Å². The van der Waals surface area contributed by atoms with Gasteiger partial charge in [-0.1, -0.05) is 164 Å². The maximum atomic E-state index is 7.32. The molecule has 5 nitrogen and oxygen atoms in total. The molecule has 0 aliphatic heterocycles. The maximum absolute atomic E-state index is 7.32. The molecule has 294 valence electrons. The summed E-state index contributed by atoms with van der Waals surface area (Å²) in [5.74, 6) is 1.87. The van der Waals surface area contributed by atoms with E-state index in [9.17, 15) is 0 Å². The van der Waals surface area contributed by atoms with Gasteiger partial charge in [0.2, 0.25) is 0 Å². The zero-order valence-corrected chi connectivity index (χ0v) is 34.6. The van der Waals surface area contributed by atoms with Crippen LogP contribution in [0, 0.1) is 0 Å². The van der Waals surface area contributed by atoms with Crippen LogP contribution in [-0.4, -0.2) is 19.5 Å². The fourth-order valence-corrected chi connectivity index (χ4v) is 10.5. The van der Waals surface area contributed by atoms with Crippen molar-refractivity contribution in [2.24, 2.45) is 0 Å². The van der Waals surface area contributed by atoms with Gasteiger partial charge < -0.3 is 8.98 Å². The van der Waals surface area contributed by atoms with Gasteiger partial charge in [-0.15, -0.1) is 11.3 Å². The molecule has 4 heterocycles. The average Bonchev–Trinajstić information content (AvgIpc) is 4.04. The van der Waals surface area contributed by atoms with Gasteiger partial charge in [0, 0.05) is 64.0 Å². The molecule has 0 saturated heterocycles. The first-order valence-corrected chi connectivity index (χ1v) is 21.9. The quantitative estimate of drug-likeness (QED) is 0.168. The topological polar surface area (TPSA) is 56.7 Å². The van der Waals surface area contributed by atoms with Crippen LogP contribution >= 0.6 is 11.3 Å². The first-order valence-electron chi connectivity index (χ1n) is 21.1. The smallest absolute Gasteiger partial charge is 0.164 e. The summed E-state index contributed by atoms with van der Waals surface area (Å²) in [5, 5.41) is 7.09. The van der Waals surface area contributed by atoms with E-state index in [1.54, 1.807) is 0 Å². The predicted molar refractivity (Wildman–Crippen MR) is 262 cm³/mol. The number of rotatable bonds is 6. The van der Waals surface area contributed by atoms with Gasteiger partial charge in [-0.25, -0.2) is 15.0 Å². The SMILES string of the molecule is c1ccc(-c2nc(-c3ccccc3)nc(-c3cccc(-c4ccc5c(oc6c(-n7c8ccccc8c8ccccc87)cccc65)c4-c4ccc5c(c4)sc4ccccc45)c3)n2)cc1. The van der Waals surface area contributed by atoms with Crippen LogP contribution < -0.4 is 0 Å². The van der Waals surface area contributed by atoms with Crippen LogP contribution in [0.4, 0.5) is 0 Å². The van der Waals surface area contributed by atoms with Crippen molar-refractivity contribution in [3.8, 4) is 62.1 Å². The fraction of sp³-hybridized carbons (Fsp3) is 0. The van der Waals surface area contributed by atoms with E-state index < -0.39 is 0 Å². The summed E-state index contributed by atoms with van der Waals surface area (Å²) in [6, 6.07) is 72.6. The Labute approximate surface area is 365 Å². The van der Waals surface area contributed by atoms with Crippen molar-refractivity contribution in [3.05, 3.63) is 206 Å². The number of hydrogen-bond donors (Lipinski definition) is 0. The molecule has 0 saturated carbocycles. The Bertz CT molecular complexity index is 3810. The highest BCUT2D eigenvalue weighted by Gasteiger charge is 2.23. The lowest BCUT2D eigenvalue weighted by Crippen LogP contribution is -2.00. The van der Waals surface area contributed by atoms with Crippen LogP contribution in [0.2, 0.25) is 0 Å². The Hall–Kier alpha value is -8.19. The lowest BCUT2D eigenvalue weighted by Gasteiger charge is -2.13. The Balaban J connectivity index is 1.06. The standard InChI is InChI=1S/C57H34N4OS/c1-3-15-35(16-4-1)55-58-56(36-17-5-2-6-18-36)60-57(59-55)39-20-13-19-37(33-39)40-31-32-46-45-24-14-27-49(61-47-25-10-7-21-41(47)42-22-8-11-26-48(42)61)53(45)62-54(46)52(40)38-29-30-44-43-23-9-12-28-50(43)63-51(44)34-38/h1-34H. The third-order valence-electron chi connectivity index (χ3n) is 12.3. The third kappa shape index (κ3) is 5.73. The molecule has 0 amide bonds. The second kappa shape index (κ2) is 14.2. The van der Waals surface area contributed by atoms with Gasteiger partial charge in [-0.3, -0.25) is 0 Å². The second-order valence-electron chi connectivity index (χ2n) is 15.9. The van der Waals surface area contributed by atoms with E-state index in [-0.39, 0.29) is 0 Å². The number of aromatic nitrogens is 4. The first-order chi connectivity index (χ1) is 31.2. The highest BCUT2D eigenvalue weighted by molar-refractivity contribution is 7.25. The highest BCUT2D eigenvalue weighted by Crippen LogP contribution is 2.46. The van der Waals surface area contributed by atoms with Crippen molar-refractivity contribution in [1.29, 1.82) is 0 Å². The largest absolute Gasteiger partial charge is 0.453 e. The summed E-state index contributed by atoms with van der Waals surface area (Å²) in [5.41, 5.74) is 12.0. The Kier molecular flexibility index (Phi) is 8.01. The van der Waals surface area contributed by atoms with Crippen LogP contribution in [0.5, 0.6) is 0 Å². The van der Waals surface area contributed by atoms with Gasteiger partial charge in [0.15, 0.2) is 23.1 Å². The molecule has 0 aliphatic carbocycles. The number of fused-ring (bicyclic) bond motifs is 9. The Morgan fingerprint density at radius 2 is 0.873 bits per heavy atom. The number of hydrogen-bond acceptors (Lipinski definition) is 5. The zero-order chi connectivity index (χ0) is 41.4. The van der Waals surface area contributed by atoms with E-state index >= 15 is 0 Å². The monoisotopic (exact) mass is 822 g/mol.